The quantitative estimate of drug-likeness (QED) is 0.912. The van der Waals surface area contributed by atoms with Crippen molar-refractivity contribution in [3.63, 3.8) is 0 Å². The van der Waals surface area contributed by atoms with E-state index in [0.717, 1.165) is 6.42 Å². The van der Waals surface area contributed by atoms with Gasteiger partial charge in [-0.05, 0) is 38.6 Å². The van der Waals surface area contributed by atoms with E-state index >= 15 is 0 Å². The molecule has 20 heavy (non-hydrogen) atoms. The zero-order valence-electron chi connectivity index (χ0n) is 12.0. The van der Waals surface area contributed by atoms with Crippen LogP contribution in [0, 0.1) is 0 Å². The Morgan fingerprint density at radius 3 is 2.80 bits per heavy atom. The van der Waals surface area contributed by atoms with Gasteiger partial charge >= 0.3 is 6.09 Å². The molecule has 0 unspecified atom stereocenters. The SMILES string of the molecule is CC(C)(C)OC(=O)N[C@H]1CCN(C(=O)c2ccsc2)C1. The molecular weight excluding hydrogens is 276 g/mol. The average Bonchev–Trinajstić information content (AvgIpc) is 2.95. The fourth-order valence-corrected chi connectivity index (χ4v) is 2.74. The molecule has 2 rings (SSSR count). The van der Waals surface area contributed by atoms with Gasteiger partial charge in [0.1, 0.15) is 5.60 Å². The number of amides is 2. The minimum atomic E-state index is -0.505. The van der Waals surface area contributed by atoms with Crippen LogP contribution >= 0.6 is 11.3 Å². The topological polar surface area (TPSA) is 58.6 Å². The summed E-state index contributed by atoms with van der Waals surface area (Å²) in [5.74, 6) is 0.0275. The number of likely N-dealkylation sites (tertiary alicyclic amines) is 1. The molecule has 0 aliphatic carbocycles. The van der Waals surface area contributed by atoms with Crippen LogP contribution in [-0.2, 0) is 4.74 Å². The minimum Gasteiger partial charge on any atom is -0.444 e. The van der Waals surface area contributed by atoms with Crippen LogP contribution in [-0.4, -0.2) is 41.6 Å². The van der Waals surface area contributed by atoms with E-state index in [2.05, 4.69) is 5.32 Å². The van der Waals surface area contributed by atoms with Crippen molar-refractivity contribution < 1.29 is 14.3 Å². The number of alkyl carbamates (subject to hydrolysis) is 1. The van der Waals surface area contributed by atoms with Gasteiger partial charge in [0.2, 0.25) is 0 Å². The molecule has 1 aliphatic heterocycles. The molecule has 1 atom stereocenters. The second-order valence-electron chi connectivity index (χ2n) is 5.90. The highest BCUT2D eigenvalue weighted by atomic mass is 32.1. The molecule has 1 aliphatic rings. The number of hydrogen-bond acceptors (Lipinski definition) is 4. The highest BCUT2D eigenvalue weighted by Crippen LogP contribution is 2.16. The molecule has 1 aromatic rings. The molecule has 2 amide bonds. The fourth-order valence-electron chi connectivity index (χ4n) is 2.11. The summed E-state index contributed by atoms with van der Waals surface area (Å²) in [4.78, 5) is 25.6. The van der Waals surface area contributed by atoms with Gasteiger partial charge in [-0.25, -0.2) is 4.79 Å². The van der Waals surface area contributed by atoms with E-state index in [-0.39, 0.29) is 11.9 Å². The Hall–Kier alpha value is -1.56. The van der Waals surface area contributed by atoms with Crippen LogP contribution in [0.3, 0.4) is 0 Å². The maximum atomic E-state index is 12.2. The molecule has 2 heterocycles. The summed E-state index contributed by atoms with van der Waals surface area (Å²) in [6.45, 7) is 6.68. The predicted octanol–water partition coefficient (Wildman–Crippen LogP) is 2.49. The van der Waals surface area contributed by atoms with Crippen molar-refractivity contribution in [1.29, 1.82) is 0 Å². The molecule has 0 radical (unpaired) electrons. The van der Waals surface area contributed by atoms with Crippen LogP contribution in [0.1, 0.15) is 37.6 Å². The lowest BCUT2D eigenvalue weighted by atomic mass is 10.2. The van der Waals surface area contributed by atoms with Crippen molar-refractivity contribution >= 4 is 23.3 Å². The number of carbonyl (C=O) groups is 2. The molecular formula is C14H20N2O3S. The van der Waals surface area contributed by atoms with E-state index in [1.807, 2.05) is 37.6 Å². The van der Waals surface area contributed by atoms with Gasteiger partial charge < -0.3 is 15.0 Å². The Morgan fingerprint density at radius 1 is 1.45 bits per heavy atom. The van der Waals surface area contributed by atoms with E-state index in [0.29, 0.717) is 18.7 Å². The van der Waals surface area contributed by atoms with Gasteiger partial charge in [0.05, 0.1) is 11.6 Å². The first-order chi connectivity index (χ1) is 9.35. The minimum absolute atomic E-state index is 0.0275. The van der Waals surface area contributed by atoms with Crippen LogP contribution in [0.25, 0.3) is 0 Å². The van der Waals surface area contributed by atoms with Gasteiger partial charge in [0.15, 0.2) is 0 Å². The monoisotopic (exact) mass is 296 g/mol. The lowest BCUT2D eigenvalue weighted by molar-refractivity contribution is 0.0502. The van der Waals surface area contributed by atoms with E-state index < -0.39 is 11.7 Å². The van der Waals surface area contributed by atoms with E-state index in [1.165, 1.54) is 11.3 Å². The second-order valence-corrected chi connectivity index (χ2v) is 6.68. The third-order valence-corrected chi connectivity index (χ3v) is 3.65. The number of carbonyl (C=O) groups excluding carboxylic acids is 2. The van der Waals surface area contributed by atoms with Crippen molar-refractivity contribution in [3.8, 4) is 0 Å². The number of hydrogen-bond donors (Lipinski definition) is 1. The van der Waals surface area contributed by atoms with Gasteiger partial charge in [0, 0.05) is 18.5 Å². The smallest absolute Gasteiger partial charge is 0.407 e. The van der Waals surface area contributed by atoms with Gasteiger partial charge in [-0.2, -0.15) is 11.3 Å². The third kappa shape index (κ3) is 3.96. The standard InChI is InChI=1S/C14H20N2O3S/c1-14(2,3)19-13(18)15-11-4-6-16(8-11)12(17)10-5-7-20-9-10/h5,7,9,11H,4,6,8H2,1-3H3,(H,15,18)/t11-/m0/s1. The summed E-state index contributed by atoms with van der Waals surface area (Å²) >= 11 is 1.51. The summed E-state index contributed by atoms with van der Waals surface area (Å²) in [6.07, 6.45) is 0.335. The molecule has 1 saturated heterocycles. The molecule has 0 saturated carbocycles. The first-order valence-electron chi connectivity index (χ1n) is 6.66. The summed E-state index contributed by atoms with van der Waals surface area (Å²) < 4.78 is 5.22. The maximum absolute atomic E-state index is 12.2. The number of ether oxygens (including phenoxy) is 1. The summed E-state index contributed by atoms with van der Waals surface area (Å²) in [5.41, 5.74) is 0.211. The van der Waals surface area contributed by atoms with Gasteiger partial charge in [-0.1, -0.05) is 0 Å². The lowest BCUT2D eigenvalue weighted by Crippen LogP contribution is -2.41. The van der Waals surface area contributed by atoms with Crippen LogP contribution < -0.4 is 5.32 Å². The first-order valence-corrected chi connectivity index (χ1v) is 7.60. The Morgan fingerprint density at radius 2 is 2.20 bits per heavy atom. The number of thiophene rings is 1. The normalized spacial score (nSPS) is 18.9. The lowest BCUT2D eigenvalue weighted by Gasteiger charge is -2.22. The van der Waals surface area contributed by atoms with Crippen molar-refractivity contribution in [2.75, 3.05) is 13.1 Å². The van der Waals surface area contributed by atoms with E-state index in [4.69, 9.17) is 4.74 Å². The highest BCUT2D eigenvalue weighted by molar-refractivity contribution is 7.08. The Bertz CT molecular complexity index is 479. The van der Waals surface area contributed by atoms with Gasteiger partial charge in [-0.3, -0.25) is 4.79 Å². The Balaban J connectivity index is 1.84. The number of nitrogens with zero attached hydrogens (tertiary/aromatic N) is 1. The molecule has 0 spiro atoms. The number of nitrogens with one attached hydrogen (secondary N) is 1. The van der Waals surface area contributed by atoms with Crippen LogP contribution in [0.15, 0.2) is 16.8 Å². The van der Waals surface area contributed by atoms with Gasteiger partial charge in [-0.15, -0.1) is 0 Å². The molecule has 0 aromatic carbocycles. The molecule has 0 bridgehead atoms. The highest BCUT2D eigenvalue weighted by Gasteiger charge is 2.29. The molecule has 6 heteroatoms. The van der Waals surface area contributed by atoms with E-state index in [1.54, 1.807) is 4.90 Å². The zero-order chi connectivity index (χ0) is 14.8. The Labute approximate surface area is 122 Å². The molecule has 1 aromatic heterocycles. The van der Waals surface area contributed by atoms with Crippen LogP contribution in [0.5, 0.6) is 0 Å². The second kappa shape index (κ2) is 5.83. The summed E-state index contributed by atoms with van der Waals surface area (Å²) in [5, 5.41) is 6.55. The van der Waals surface area contributed by atoms with Gasteiger partial charge in [0.25, 0.3) is 5.91 Å². The third-order valence-electron chi connectivity index (χ3n) is 2.96. The van der Waals surface area contributed by atoms with Crippen LogP contribution in [0.4, 0.5) is 4.79 Å². The Kier molecular flexibility index (Phi) is 4.32. The van der Waals surface area contributed by atoms with Crippen molar-refractivity contribution in [1.82, 2.24) is 10.2 Å². The summed E-state index contributed by atoms with van der Waals surface area (Å²) in [6, 6.07) is 1.79. The molecule has 110 valence electrons. The van der Waals surface area contributed by atoms with Crippen LogP contribution in [0.2, 0.25) is 0 Å². The fraction of sp³-hybridized carbons (Fsp3) is 0.571. The maximum Gasteiger partial charge on any atom is 0.407 e. The number of rotatable bonds is 2. The average molecular weight is 296 g/mol. The molecule has 5 nitrogen and oxygen atoms in total. The largest absolute Gasteiger partial charge is 0.444 e. The predicted molar refractivity (Wildman–Crippen MR) is 78.0 cm³/mol. The van der Waals surface area contributed by atoms with Crippen molar-refractivity contribution in [2.24, 2.45) is 0 Å². The summed E-state index contributed by atoms with van der Waals surface area (Å²) in [7, 11) is 0. The van der Waals surface area contributed by atoms with E-state index in [9.17, 15) is 9.59 Å². The van der Waals surface area contributed by atoms with Crippen molar-refractivity contribution in [3.05, 3.63) is 22.4 Å². The first kappa shape index (κ1) is 14.8. The van der Waals surface area contributed by atoms with Crippen molar-refractivity contribution in [2.45, 2.75) is 38.8 Å². The zero-order valence-corrected chi connectivity index (χ0v) is 12.8. The molecule has 1 N–H and O–H groups in total. The molecule has 1 fully saturated rings.